The number of likely N-dealkylation sites (N-methyl/N-ethyl adjacent to an activating group) is 7. The van der Waals surface area contributed by atoms with Crippen LogP contribution in [0.4, 0.5) is 13.2 Å². The minimum absolute atomic E-state index is 0.0183. The molecule has 1 aromatic carbocycles. The average Bonchev–Trinajstić information content (AvgIpc) is 1.75. The number of hydrogen-bond donors (Lipinski definition) is 3. The summed E-state index contributed by atoms with van der Waals surface area (Å²) in [5, 5.41) is 8.14. The number of rotatable bonds is 10. The number of halogens is 4. The summed E-state index contributed by atoms with van der Waals surface area (Å²) in [5.74, 6) is -8.65. The van der Waals surface area contributed by atoms with E-state index in [0.29, 0.717) is 56.9 Å². The SMILES string of the molecule is CC[C@H](C)[C@@H]1NC(=O)[C@H](CC)N(C)C(=O)C[C@@H](C(=O)N2C3CCC2COC3)N(C)C(=O)[C@H](C2CCCCC2)N(C)C(=O)C2(CCCC2)NC(=O)C2CCCN2C(=O)[C@H](CCc2ccc(C(F)(F)F)c(Cl)c2)NC(=O)CN(C)C(=O)[C@H](CC2CCCCC2)N(C)C(=O)CN(C)C(=O)CN(C)C1=O. The normalized spacial score (nSPS) is 28.6. The van der Waals surface area contributed by atoms with Gasteiger partial charge < -0.3 is 64.8 Å². The maximum atomic E-state index is 15.9. The Morgan fingerprint density at radius 1 is 0.644 bits per heavy atom. The Labute approximate surface area is 597 Å². The van der Waals surface area contributed by atoms with E-state index in [4.69, 9.17) is 16.3 Å². The number of fused-ring (bicyclic) bond motifs is 3. The molecule has 29 heteroatoms. The summed E-state index contributed by atoms with van der Waals surface area (Å²) < 4.78 is 47.5. The molecule has 0 radical (unpaired) electrons. The molecule has 3 unspecified atom stereocenters. The summed E-state index contributed by atoms with van der Waals surface area (Å²) in [6, 6.07) is -6.29. The quantitative estimate of drug-likeness (QED) is 0.273. The van der Waals surface area contributed by atoms with Crippen LogP contribution in [0, 0.1) is 17.8 Å². The van der Waals surface area contributed by atoms with Gasteiger partial charge in [-0.2, -0.15) is 13.2 Å². The first kappa shape index (κ1) is 79.6. The van der Waals surface area contributed by atoms with E-state index >= 15 is 28.8 Å². The first-order valence-electron chi connectivity index (χ1n) is 36.6. The highest BCUT2D eigenvalue weighted by Crippen LogP contribution is 2.39. The van der Waals surface area contributed by atoms with Gasteiger partial charge in [-0.1, -0.05) is 109 Å². The van der Waals surface area contributed by atoms with Crippen molar-refractivity contribution in [1.29, 1.82) is 0 Å². The van der Waals surface area contributed by atoms with Gasteiger partial charge in [0.05, 0.1) is 61.9 Å². The molecular formula is C72H108ClF3N12O13. The molecule has 2 bridgehead atoms. The highest BCUT2D eigenvalue weighted by Gasteiger charge is 2.53. The molecule has 1 spiro atoms. The second-order valence-electron chi connectivity index (χ2n) is 29.7. The molecule has 562 valence electrons. The minimum atomic E-state index is -4.76. The van der Waals surface area contributed by atoms with Gasteiger partial charge in [-0.25, -0.2) is 0 Å². The molecule has 1 aromatic rings. The number of amides is 12. The lowest BCUT2D eigenvalue weighted by atomic mass is 9.81. The van der Waals surface area contributed by atoms with Gasteiger partial charge in [0.15, 0.2) is 0 Å². The highest BCUT2D eigenvalue weighted by atomic mass is 35.5. The van der Waals surface area contributed by atoms with Crippen LogP contribution in [-0.4, -0.2) is 264 Å². The van der Waals surface area contributed by atoms with Gasteiger partial charge in [0.1, 0.15) is 47.8 Å². The maximum absolute atomic E-state index is 15.9. The van der Waals surface area contributed by atoms with Crippen molar-refractivity contribution in [3.63, 3.8) is 0 Å². The third-order valence-corrected chi connectivity index (χ3v) is 23.2. The van der Waals surface area contributed by atoms with E-state index in [1.165, 1.54) is 79.9 Å². The maximum Gasteiger partial charge on any atom is 0.417 e. The van der Waals surface area contributed by atoms with Crippen LogP contribution in [0.15, 0.2) is 18.2 Å². The Hall–Kier alpha value is -7.10. The van der Waals surface area contributed by atoms with E-state index in [0.717, 1.165) is 78.2 Å². The number of carbonyl (C=O) groups is 12. The Morgan fingerprint density at radius 2 is 1.25 bits per heavy atom. The third-order valence-electron chi connectivity index (χ3n) is 22.9. The van der Waals surface area contributed by atoms with Gasteiger partial charge in [-0.05, 0) is 112 Å². The van der Waals surface area contributed by atoms with Crippen molar-refractivity contribution in [2.75, 3.05) is 88.7 Å². The molecule has 7 aliphatic rings. The predicted molar refractivity (Wildman–Crippen MR) is 368 cm³/mol. The van der Waals surface area contributed by atoms with Crippen molar-refractivity contribution in [1.82, 2.24) is 60.0 Å². The van der Waals surface area contributed by atoms with Gasteiger partial charge in [-0.15, -0.1) is 0 Å². The third kappa shape index (κ3) is 18.8. The number of nitrogens with one attached hydrogen (secondary N) is 3. The lowest BCUT2D eigenvalue weighted by molar-refractivity contribution is -0.159. The van der Waals surface area contributed by atoms with Crippen molar-refractivity contribution < 1.29 is 75.4 Å². The number of morpholine rings is 1. The fourth-order valence-electron chi connectivity index (χ4n) is 16.4. The topological polar surface area (TPSA) is 279 Å². The molecule has 8 rings (SSSR count). The second-order valence-corrected chi connectivity index (χ2v) is 30.1. The molecule has 3 N–H and O–H groups in total. The number of nitrogens with zero attached hydrogens (tertiary/aromatic N) is 9. The van der Waals surface area contributed by atoms with Crippen LogP contribution in [0.25, 0.3) is 0 Å². The molecule has 4 heterocycles. The number of ether oxygens (including phenoxy) is 1. The molecule has 0 aromatic heterocycles. The zero-order chi connectivity index (χ0) is 73.9. The van der Waals surface area contributed by atoms with E-state index in [1.54, 1.807) is 18.7 Å². The Bertz CT molecular complexity index is 3180. The van der Waals surface area contributed by atoms with E-state index in [2.05, 4.69) is 16.0 Å². The van der Waals surface area contributed by atoms with E-state index in [9.17, 15) is 41.9 Å². The number of alkyl halides is 3. The lowest BCUT2D eigenvalue weighted by Gasteiger charge is -2.44. The standard InChI is InChI=1S/C72H108ClF3N12O13/c1-11-44(3)61-68(98)82(6)40-59(91)80(4)41-60(92)84(8)55(37-45-22-15-13-16-23-45)66(96)81(5)39-57(89)77-52(32-28-46-27-31-50(51(73)36-46)72(74,75)76)65(95)87-35-21-26-54(87)64(94)79-71(33-19-20-34-71)70(100)86(10)62(47-24-17-14-18-25-47)69(99)85(9)56(38-58(90)83(7)53(12-2)63(93)78-61)67(97)88-48-29-30-49(88)43-101-42-48/h27,31,36,44-45,47-49,52-56,61-62H,11-26,28-30,32-35,37-43H2,1-10H3,(H,77,89)(H,78,93)(H,79,94)/t44-,48?,49?,52-,53-,54?,55-,56-,61-,62-/m0/s1. The van der Waals surface area contributed by atoms with Crippen LogP contribution in [0.3, 0.4) is 0 Å². The van der Waals surface area contributed by atoms with E-state index in [-0.39, 0.29) is 82.7 Å². The van der Waals surface area contributed by atoms with Crippen LogP contribution >= 0.6 is 11.6 Å². The molecule has 12 amide bonds. The van der Waals surface area contributed by atoms with Gasteiger partial charge >= 0.3 is 6.18 Å². The molecule has 3 aliphatic carbocycles. The molecule has 101 heavy (non-hydrogen) atoms. The molecule has 4 aliphatic heterocycles. The molecular weight excluding hydrogens is 1330 g/mol. The number of hydrogen-bond acceptors (Lipinski definition) is 13. The zero-order valence-electron chi connectivity index (χ0n) is 60.7. The minimum Gasteiger partial charge on any atom is -0.377 e. The fraction of sp³-hybridized carbons (Fsp3) is 0.750. The molecule has 10 atom stereocenters. The highest BCUT2D eigenvalue weighted by molar-refractivity contribution is 6.31. The summed E-state index contributed by atoms with van der Waals surface area (Å²) in [6.07, 6.45) is 5.92. The van der Waals surface area contributed by atoms with E-state index in [1.807, 2.05) is 6.92 Å². The van der Waals surface area contributed by atoms with E-state index < -0.39 is 173 Å². The largest absolute Gasteiger partial charge is 0.417 e. The van der Waals surface area contributed by atoms with Gasteiger partial charge in [-0.3, -0.25) is 57.5 Å². The smallest absolute Gasteiger partial charge is 0.377 e. The van der Waals surface area contributed by atoms with Crippen molar-refractivity contribution in [3.05, 3.63) is 34.3 Å². The van der Waals surface area contributed by atoms with Crippen LogP contribution < -0.4 is 16.0 Å². The first-order chi connectivity index (χ1) is 47.8. The van der Waals surface area contributed by atoms with Crippen LogP contribution in [0.5, 0.6) is 0 Å². The van der Waals surface area contributed by atoms with Crippen LogP contribution in [0.1, 0.15) is 180 Å². The van der Waals surface area contributed by atoms with Gasteiger partial charge in [0.25, 0.3) is 0 Å². The molecule has 3 saturated carbocycles. The average molecular weight is 1440 g/mol. The van der Waals surface area contributed by atoms with Gasteiger partial charge in [0.2, 0.25) is 70.9 Å². The van der Waals surface area contributed by atoms with Crippen LogP contribution in [-0.2, 0) is 74.9 Å². The zero-order valence-corrected chi connectivity index (χ0v) is 61.5. The Morgan fingerprint density at radius 3 is 1.85 bits per heavy atom. The summed E-state index contributed by atoms with van der Waals surface area (Å²) >= 11 is 6.16. The van der Waals surface area contributed by atoms with Crippen molar-refractivity contribution in [2.24, 2.45) is 17.8 Å². The van der Waals surface area contributed by atoms with Gasteiger partial charge in [0, 0.05) is 55.9 Å². The fourth-order valence-corrected chi connectivity index (χ4v) is 16.7. The van der Waals surface area contributed by atoms with Crippen molar-refractivity contribution in [3.8, 4) is 0 Å². The molecule has 25 nitrogen and oxygen atoms in total. The van der Waals surface area contributed by atoms with Crippen molar-refractivity contribution in [2.45, 2.75) is 241 Å². The predicted octanol–water partition coefficient (Wildman–Crippen LogP) is 5.16. The number of carbonyl (C=O) groups excluding carboxylic acids is 12. The molecule has 4 saturated heterocycles. The lowest BCUT2D eigenvalue weighted by Crippen LogP contribution is -2.65. The summed E-state index contributed by atoms with van der Waals surface area (Å²) in [7, 11) is 9.96. The summed E-state index contributed by atoms with van der Waals surface area (Å²) in [6.45, 7) is 4.12. The second kappa shape index (κ2) is 34.9. The number of aryl methyl sites for hydroxylation is 1. The Kier molecular flexibility index (Phi) is 27.5. The van der Waals surface area contributed by atoms with Crippen molar-refractivity contribution >= 4 is 82.5 Å². The Balaban J connectivity index is 1.17. The van der Waals surface area contributed by atoms with Crippen LogP contribution in [0.2, 0.25) is 5.02 Å². The monoisotopic (exact) mass is 1440 g/mol. The number of benzene rings is 1. The summed E-state index contributed by atoms with van der Waals surface area (Å²) in [5.41, 5.74) is -2.35. The summed E-state index contributed by atoms with van der Waals surface area (Å²) in [4.78, 5) is 191. The molecule has 7 fully saturated rings. The first-order valence-corrected chi connectivity index (χ1v) is 37.0.